The Bertz CT molecular complexity index is 490. The van der Waals surface area contributed by atoms with Crippen LogP contribution in [0, 0.1) is 6.92 Å². The van der Waals surface area contributed by atoms with Crippen LogP contribution >= 0.6 is 0 Å². The van der Waals surface area contributed by atoms with E-state index in [1.54, 1.807) is 12.4 Å². The highest BCUT2D eigenvalue weighted by Gasteiger charge is 2.33. The lowest BCUT2D eigenvalue weighted by atomic mass is 10.1. The molecule has 2 rings (SSSR count). The van der Waals surface area contributed by atoms with Gasteiger partial charge in [0.15, 0.2) is 0 Å². The van der Waals surface area contributed by atoms with E-state index in [1.807, 2.05) is 13.0 Å². The highest BCUT2D eigenvalue weighted by molar-refractivity contribution is 5.83. The second-order valence-corrected chi connectivity index (χ2v) is 4.65. The van der Waals surface area contributed by atoms with Crippen molar-refractivity contribution in [2.45, 2.75) is 32.4 Å². The highest BCUT2D eigenvalue weighted by atomic mass is 16.4. The summed E-state index contributed by atoms with van der Waals surface area (Å²) in [6.45, 7) is 2.80. The maximum absolute atomic E-state index is 12.0. The van der Waals surface area contributed by atoms with Crippen molar-refractivity contribution in [2.24, 2.45) is 0 Å². The van der Waals surface area contributed by atoms with Crippen LogP contribution in [0.25, 0.3) is 0 Å². The van der Waals surface area contributed by atoms with Crippen LogP contribution in [0.5, 0.6) is 0 Å². The van der Waals surface area contributed by atoms with Gasteiger partial charge in [0.25, 0.3) is 0 Å². The van der Waals surface area contributed by atoms with Gasteiger partial charge in [-0.25, -0.2) is 9.59 Å². The van der Waals surface area contributed by atoms with Crippen LogP contribution in [0.1, 0.15) is 24.0 Å². The summed E-state index contributed by atoms with van der Waals surface area (Å²) in [7, 11) is 0. The number of hydrogen-bond donors (Lipinski definition) is 2. The zero-order valence-electron chi connectivity index (χ0n) is 10.8. The number of carbonyl (C=O) groups excluding carboxylic acids is 1. The topological polar surface area (TPSA) is 82.5 Å². The second-order valence-electron chi connectivity index (χ2n) is 4.65. The Labute approximate surface area is 111 Å². The molecule has 19 heavy (non-hydrogen) atoms. The first-order chi connectivity index (χ1) is 9.09. The summed E-state index contributed by atoms with van der Waals surface area (Å²) in [6.07, 6.45) is 4.65. The van der Waals surface area contributed by atoms with E-state index in [-0.39, 0.29) is 6.03 Å². The molecule has 1 aliphatic heterocycles. The number of urea groups is 1. The maximum Gasteiger partial charge on any atom is 0.326 e. The standard InChI is InChI=1S/C13H17N3O3/c1-9-4-5-14-7-10(9)8-15-13(19)16-6-2-3-11(16)12(17)18/h4-5,7,11H,2-3,6,8H2,1H3,(H,15,19)(H,17,18)/t11-/m1/s1. The minimum absolute atomic E-state index is 0.326. The van der Waals surface area contributed by atoms with Crippen molar-refractivity contribution >= 4 is 12.0 Å². The molecule has 1 atom stereocenters. The fraction of sp³-hybridized carbons (Fsp3) is 0.462. The molecule has 0 radical (unpaired) electrons. The van der Waals surface area contributed by atoms with Gasteiger partial charge in [0.1, 0.15) is 6.04 Å². The maximum atomic E-state index is 12.0. The number of rotatable bonds is 3. The van der Waals surface area contributed by atoms with Gasteiger partial charge in [0, 0.05) is 25.5 Å². The number of nitrogens with one attached hydrogen (secondary N) is 1. The molecule has 0 aliphatic carbocycles. The predicted octanol–water partition coefficient (Wildman–Crippen LogP) is 1.15. The third kappa shape index (κ3) is 3.01. The van der Waals surface area contributed by atoms with Crippen LogP contribution in [0.2, 0.25) is 0 Å². The Kier molecular flexibility index (Phi) is 3.99. The number of pyridine rings is 1. The third-order valence-corrected chi connectivity index (χ3v) is 3.38. The monoisotopic (exact) mass is 263 g/mol. The van der Waals surface area contributed by atoms with Crippen molar-refractivity contribution in [1.29, 1.82) is 0 Å². The summed E-state index contributed by atoms with van der Waals surface area (Å²) >= 11 is 0. The Morgan fingerprint density at radius 2 is 2.37 bits per heavy atom. The molecule has 2 amide bonds. The Hall–Kier alpha value is -2.11. The van der Waals surface area contributed by atoms with E-state index in [4.69, 9.17) is 5.11 Å². The van der Waals surface area contributed by atoms with E-state index >= 15 is 0 Å². The first-order valence-corrected chi connectivity index (χ1v) is 6.26. The number of carboxylic acid groups (broad SMARTS) is 1. The van der Waals surface area contributed by atoms with Crippen LogP contribution in [0.15, 0.2) is 18.5 Å². The first-order valence-electron chi connectivity index (χ1n) is 6.26. The van der Waals surface area contributed by atoms with E-state index < -0.39 is 12.0 Å². The molecule has 1 aromatic heterocycles. The molecule has 0 saturated carbocycles. The zero-order valence-corrected chi connectivity index (χ0v) is 10.8. The molecule has 0 spiro atoms. The van der Waals surface area contributed by atoms with Crippen molar-refractivity contribution in [3.05, 3.63) is 29.6 Å². The number of aromatic nitrogens is 1. The van der Waals surface area contributed by atoms with Gasteiger partial charge in [0.2, 0.25) is 0 Å². The Morgan fingerprint density at radius 1 is 1.58 bits per heavy atom. The van der Waals surface area contributed by atoms with Crippen molar-refractivity contribution < 1.29 is 14.7 Å². The highest BCUT2D eigenvalue weighted by Crippen LogP contribution is 2.17. The number of likely N-dealkylation sites (tertiary alicyclic amines) is 1. The van der Waals surface area contributed by atoms with Gasteiger partial charge in [-0.05, 0) is 37.0 Å². The van der Waals surface area contributed by atoms with Crippen molar-refractivity contribution in [3.8, 4) is 0 Å². The number of nitrogens with zero attached hydrogens (tertiary/aromatic N) is 2. The summed E-state index contributed by atoms with van der Waals surface area (Å²) in [5.41, 5.74) is 1.98. The van der Waals surface area contributed by atoms with Gasteiger partial charge in [-0.2, -0.15) is 0 Å². The number of carboxylic acids is 1. The van der Waals surface area contributed by atoms with Crippen molar-refractivity contribution in [1.82, 2.24) is 15.2 Å². The fourth-order valence-corrected chi connectivity index (χ4v) is 2.22. The largest absolute Gasteiger partial charge is 0.480 e. The Balaban J connectivity index is 1.95. The number of aryl methyl sites for hydroxylation is 1. The fourth-order valence-electron chi connectivity index (χ4n) is 2.22. The lowest BCUT2D eigenvalue weighted by Crippen LogP contribution is -2.45. The molecule has 0 unspecified atom stereocenters. The van der Waals surface area contributed by atoms with E-state index in [9.17, 15) is 9.59 Å². The summed E-state index contributed by atoms with van der Waals surface area (Å²) in [5.74, 6) is -0.940. The predicted molar refractivity (Wildman–Crippen MR) is 68.6 cm³/mol. The SMILES string of the molecule is Cc1ccncc1CNC(=O)N1CCC[C@@H]1C(=O)O. The lowest BCUT2D eigenvalue weighted by molar-refractivity contribution is -0.141. The molecule has 2 N–H and O–H groups in total. The molecular weight excluding hydrogens is 246 g/mol. The summed E-state index contributed by atoms with van der Waals surface area (Å²) in [6, 6.07) is 0.848. The molecule has 1 aliphatic rings. The lowest BCUT2D eigenvalue weighted by Gasteiger charge is -2.22. The molecule has 1 fully saturated rings. The molecule has 6 nitrogen and oxygen atoms in total. The molecule has 0 aromatic carbocycles. The van der Waals surface area contributed by atoms with Crippen LogP contribution in [-0.4, -0.2) is 39.6 Å². The van der Waals surface area contributed by atoms with Gasteiger partial charge >= 0.3 is 12.0 Å². The van der Waals surface area contributed by atoms with Crippen LogP contribution in [0.4, 0.5) is 4.79 Å². The van der Waals surface area contributed by atoms with Crippen LogP contribution in [0.3, 0.4) is 0 Å². The molecule has 1 aromatic rings. The quantitative estimate of drug-likeness (QED) is 0.857. The smallest absolute Gasteiger partial charge is 0.326 e. The average Bonchev–Trinajstić information content (AvgIpc) is 2.87. The molecule has 1 saturated heterocycles. The summed E-state index contributed by atoms with van der Waals surface area (Å²) in [4.78, 5) is 28.4. The van der Waals surface area contributed by atoms with E-state index in [2.05, 4.69) is 10.3 Å². The van der Waals surface area contributed by atoms with Gasteiger partial charge in [-0.1, -0.05) is 0 Å². The van der Waals surface area contributed by atoms with E-state index in [0.717, 1.165) is 17.5 Å². The summed E-state index contributed by atoms with van der Waals surface area (Å²) < 4.78 is 0. The van der Waals surface area contributed by atoms with E-state index in [0.29, 0.717) is 19.5 Å². The van der Waals surface area contributed by atoms with E-state index in [1.165, 1.54) is 4.90 Å². The molecular formula is C13H17N3O3. The minimum Gasteiger partial charge on any atom is -0.480 e. The number of aliphatic carboxylic acids is 1. The third-order valence-electron chi connectivity index (χ3n) is 3.38. The minimum atomic E-state index is -0.940. The van der Waals surface area contributed by atoms with Gasteiger partial charge in [-0.15, -0.1) is 0 Å². The Morgan fingerprint density at radius 3 is 3.05 bits per heavy atom. The number of carbonyl (C=O) groups is 2. The zero-order chi connectivity index (χ0) is 13.8. The van der Waals surface area contributed by atoms with Crippen LogP contribution < -0.4 is 5.32 Å². The number of amides is 2. The normalized spacial score (nSPS) is 18.4. The van der Waals surface area contributed by atoms with Crippen LogP contribution in [-0.2, 0) is 11.3 Å². The second kappa shape index (κ2) is 5.69. The summed E-state index contributed by atoms with van der Waals surface area (Å²) in [5, 5.41) is 11.8. The average molecular weight is 263 g/mol. The van der Waals surface area contributed by atoms with Gasteiger partial charge in [0.05, 0.1) is 0 Å². The van der Waals surface area contributed by atoms with Gasteiger partial charge in [-0.3, -0.25) is 4.98 Å². The van der Waals surface area contributed by atoms with Gasteiger partial charge < -0.3 is 15.3 Å². The van der Waals surface area contributed by atoms with Crippen molar-refractivity contribution in [3.63, 3.8) is 0 Å². The molecule has 0 bridgehead atoms. The van der Waals surface area contributed by atoms with Crippen molar-refractivity contribution in [2.75, 3.05) is 6.54 Å². The molecule has 2 heterocycles. The molecule has 6 heteroatoms. The number of hydrogen-bond acceptors (Lipinski definition) is 3. The molecule has 102 valence electrons. The first kappa shape index (κ1) is 13.3.